The van der Waals surface area contributed by atoms with Crippen molar-refractivity contribution < 1.29 is 4.68 Å². The minimum Gasteiger partial charge on any atom is -0.128 e. The Labute approximate surface area is 97.1 Å². The average molecular weight is 215 g/mol. The summed E-state index contributed by atoms with van der Waals surface area (Å²) in [6, 6.07) is 8.74. The highest BCUT2D eigenvalue weighted by Crippen LogP contribution is 2.20. The van der Waals surface area contributed by atoms with Gasteiger partial charge in [0.25, 0.3) is 0 Å². The Morgan fingerprint density at radius 2 is 2.00 bits per heavy atom. The van der Waals surface area contributed by atoms with Gasteiger partial charge in [-0.05, 0) is 30.0 Å². The van der Waals surface area contributed by atoms with Gasteiger partial charge in [-0.1, -0.05) is 26.0 Å². The molecule has 0 fully saturated rings. The van der Waals surface area contributed by atoms with Crippen LogP contribution in [0.15, 0.2) is 36.7 Å². The topological polar surface area (TPSA) is 8.81 Å². The molecule has 0 saturated carbocycles. The van der Waals surface area contributed by atoms with Crippen LogP contribution in [-0.4, -0.2) is 4.68 Å². The van der Waals surface area contributed by atoms with Crippen LogP contribution in [0.5, 0.6) is 0 Å². The van der Waals surface area contributed by atoms with Crippen LogP contribution in [0.25, 0.3) is 5.69 Å². The maximum Gasteiger partial charge on any atom is 0.195 e. The molecule has 0 aliphatic rings. The highest BCUT2D eigenvalue weighted by molar-refractivity contribution is 5.42. The Kier molecular flexibility index (Phi) is 2.82. The van der Waals surface area contributed by atoms with Crippen LogP contribution in [0.1, 0.15) is 30.9 Å². The quantitative estimate of drug-likeness (QED) is 0.681. The van der Waals surface area contributed by atoms with Crippen LogP contribution in [0.2, 0.25) is 0 Å². The van der Waals surface area contributed by atoms with E-state index in [-0.39, 0.29) is 0 Å². The van der Waals surface area contributed by atoms with E-state index in [9.17, 15) is 0 Å². The van der Waals surface area contributed by atoms with Crippen LogP contribution in [-0.2, 0) is 7.05 Å². The Morgan fingerprint density at radius 3 is 2.50 bits per heavy atom. The summed E-state index contributed by atoms with van der Waals surface area (Å²) in [7, 11) is 2.05. The fraction of sp³-hybridized carbons (Fsp3) is 0.357. The van der Waals surface area contributed by atoms with Gasteiger partial charge in [-0.2, -0.15) is 0 Å². The van der Waals surface area contributed by atoms with Crippen LogP contribution in [0.3, 0.4) is 0 Å². The molecule has 2 rings (SSSR count). The van der Waals surface area contributed by atoms with Crippen molar-refractivity contribution >= 4 is 0 Å². The van der Waals surface area contributed by atoms with Gasteiger partial charge in [-0.3, -0.25) is 0 Å². The molecule has 0 saturated heterocycles. The second-order valence-electron chi connectivity index (χ2n) is 4.61. The lowest BCUT2D eigenvalue weighted by Gasteiger charge is -2.09. The van der Waals surface area contributed by atoms with E-state index in [4.69, 9.17) is 0 Å². The molecule has 1 heterocycles. The molecule has 2 heteroatoms. The third-order valence-corrected chi connectivity index (χ3v) is 3.00. The first-order valence-electron chi connectivity index (χ1n) is 5.74. The van der Waals surface area contributed by atoms with Crippen LogP contribution in [0, 0.1) is 6.92 Å². The fourth-order valence-electron chi connectivity index (χ4n) is 1.97. The second kappa shape index (κ2) is 4.12. The number of benzene rings is 1. The third-order valence-electron chi connectivity index (χ3n) is 3.00. The van der Waals surface area contributed by atoms with Crippen LogP contribution in [0.4, 0.5) is 0 Å². The van der Waals surface area contributed by atoms with Crippen molar-refractivity contribution in [3.05, 3.63) is 47.8 Å². The summed E-state index contributed by atoms with van der Waals surface area (Å²) in [5.74, 6) is 0.589. The van der Waals surface area contributed by atoms with E-state index < -0.39 is 0 Å². The van der Waals surface area contributed by atoms with E-state index in [0.29, 0.717) is 5.92 Å². The molecule has 0 aliphatic heterocycles. The Bertz CT molecular complexity index is 495. The molecule has 0 aliphatic carbocycles. The van der Waals surface area contributed by atoms with E-state index >= 15 is 0 Å². The number of aromatic nitrogens is 2. The third kappa shape index (κ3) is 1.87. The zero-order valence-electron chi connectivity index (χ0n) is 10.4. The standard InChI is InChI=1S/C14H19N2/c1-11(2)13-6-7-14(12(3)10-13)16-9-5-8-15(16)4/h5-11H,1-4H3/q+1. The molecule has 84 valence electrons. The van der Waals surface area contributed by atoms with Gasteiger partial charge in [0.2, 0.25) is 0 Å². The SMILES string of the molecule is Cc1cc(C(C)C)ccc1-n1ccc[n+]1C. The van der Waals surface area contributed by atoms with Gasteiger partial charge >= 0.3 is 0 Å². The first kappa shape index (κ1) is 10.9. The molecule has 0 N–H and O–H groups in total. The molecule has 2 nitrogen and oxygen atoms in total. The molecule has 1 aromatic carbocycles. The molecule has 2 aromatic rings. The van der Waals surface area contributed by atoms with Gasteiger partial charge in [0.1, 0.15) is 5.69 Å². The molecule has 0 bridgehead atoms. The fourth-order valence-corrected chi connectivity index (χ4v) is 1.97. The van der Waals surface area contributed by atoms with Crippen LogP contribution >= 0.6 is 0 Å². The predicted molar refractivity (Wildman–Crippen MR) is 65.8 cm³/mol. The molecule has 0 atom stereocenters. The van der Waals surface area contributed by atoms with Crippen molar-refractivity contribution in [3.63, 3.8) is 0 Å². The summed E-state index contributed by atoms with van der Waals surface area (Å²) in [5.41, 5.74) is 3.96. The maximum atomic E-state index is 2.28. The summed E-state index contributed by atoms with van der Waals surface area (Å²) in [6.07, 6.45) is 4.13. The highest BCUT2D eigenvalue weighted by atomic mass is 15.4. The zero-order valence-corrected chi connectivity index (χ0v) is 10.4. The Hall–Kier alpha value is -1.57. The van der Waals surface area contributed by atoms with Gasteiger partial charge in [0, 0.05) is 6.07 Å². The summed E-state index contributed by atoms with van der Waals surface area (Å²) in [5, 5.41) is 0. The first-order chi connectivity index (χ1) is 7.59. The smallest absolute Gasteiger partial charge is 0.128 e. The van der Waals surface area contributed by atoms with E-state index in [0.717, 1.165) is 0 Å². The van der Waals surface area contributed by atoms with Gasteiger partial charge in [0.15, 0.2) is 13.2 Å². The largest absolute Gasteiger partial charge is 0.195 e. The summed E-state index contributed by atoms with van der Waals surface area (Å²) >= 11 is 0. The second-order valence-corrected chi connectivity index (χ2v) is 4.61. The molecule has 0 amide bonds. The molecule has 16 heavy (non-hydrogen) atoms. The maximum absolute atomic E-state index is 2.28. The molecular weight excluding hydrogens is 196 g/mol. The minimum absolute atomic E-state index is 0.589. The monoisotopic (exact) mass is 215 g/mol. The molecule has 0 radical (unpaired) electrons. The molecular formula is C14H19N2+. The highest BCUT2D eigenvalue weighted by Gasteiger charge is 2.09. The zero-order chi connectivity index (χ0) is 11.7. The van der Waals surface area contributed by atoms with Gasteiger partial charge in [-0.25, -0.2) is 0 Å². The summed E-state index contributed by atoms with van der Waals surface area (Å²) in [4.78, 5) is 0. The predicted octanol–water partition coefficient (Wildman–Crippen LogP) is 2.73. The Morgan fingerprint density at radius 1 is 1.25 bits per heavy atom. The number of aryl methyl sites for hydroxylation is 2. The number of hydrogen-bond acceptors (Lipinski definition) is 0. The first-order valence-corrected chi connectivity index (χ1v) is 5.74. The van der Waals surface area contributed by atoms with E-state index in [2.05, 4.69) is 73.8 Å². The lowest BCUT2D eigenvalue weighted by atomic mass is 10.0. The average Bonchev–Trinajstić information content (AvgIpc) is 2.64. The summed E-state index contributed by atoms with van der Waals surface area (Å²) in [6.45, 7) is 6.62. The summed E-state index contributed by atoms with van der Waals surface area (Å²) < 4.78 is 4.23. The molecule has 1 aromatic heterocycles. The number of hydrogen-bond donors (Lipinski definition) is 0. The Balaban J connectivity index is 2.48. The van der Waals surface area contributed by atoms with Crippen molar-refractivity contribution in [3.8, 4) is 5.69 Å². The normalized spacial score (nSPS) is 11.1. The lowest BCUT2D eigenvalue weighted by Crippen LogP contribution is -2.36. The molecule has 0 spiro atoms. The van der Waals surface area contributed by atoms with E-state index in [1.54, 1.807) is 0 Å². The van der Waals surface area contributed by atoms with Gasteiger partial charge < -0.3 is 0 Å². The number of nitrogens with zero attached hydrogens (tertiary/aromatic N) is 2. The minimum atomic E-state index is 0.589. The van der Waals surface area contributed by atoms with Gasteiger partial charge in [-0.15, -0.1) is 9.36 Å². The van der Waals surface area contributed by atoms with Gasteiger partial charge in [0.05, 0.1) is 6.20 Å². The molecule has 0 unspecified atom stereocenters. The van der Waals surface area contributed by atoms with E-state index in [1.807, 2.05) is 0 Å². The lowest BCUT2D eigenvalue weighted by molar-refractivity contribution is -0.744. The number of rotatable bonds is 2. The van der Waals surface area contributed by atoms with Crippen LogP contribution < -0.4 is 4.68 Å². The van der Waals surface area contributed by atoms with Crippen molar-refractivity contribution in [2.45, 2.75) is 26.7 Å². The van der Waals surface area contributed by atoms with Crippen molar-refractivity contribution in [2.75, 3.05) is 0 Å². The van der Waals surface area contributed by atoms with Crippen molar-refractivity contribution in [2.24, 2.45) is 7.05 Å². The van der Waals surface area contributed by atoms with Crippen molar-refractivity contribution in [1.82, 2.24) is 4.68 Å². The van der Waals surface area contributed by atoms with Crippen molar-refractivity contribution in [1.29, 1.82) is 0 Å². The van der Waals surface area contributed by atoms with E-state index in [1.165, 1.54) is 16.8 Å².